The Morgan fingerprint density at radius 2 is 1.83 bits per heavy atom. The molecule has 0 bridgehead atoms. The van der Waals surface area contributed by atoms with Crippen molar-refractivity contribution in [2.24, 2.45) is 0 Å². The third kappa shape index (κ3) is 3.05. The summed E-state index contributed by atoms with van der Waals surface area (Å²) in [4.78, 5) is 16.9. The van der Waals surface area contributed by atoms with E-state index in [4.69, 9.17) is 28.5 Å². The summed E-state index contributed by atoms with van der Waals surface area (Å²) < 4.78 is 0. The van der Waals surface area contributed by atoms with Crippen molar-refractivity contribution in [1.29, 1.82) is 5.26 Å². The lowest BCUT2D eigenvalue weighted by molar-refractivity contribution is 0.102. The van der Waals surface area contributed by atoms with Crippen LogP contribution >= 0.6 is 23.2 Å². The fourth-order valence-electron chi connectivity index (χ4n) is 2.47. The van der Waals surface area contributed by atoms with Gasteiger partial charge in [-0.05, 0) is 29.8 Å². The Labute approximate surface area is 148 Å². The van der Waals surface area contributed by atoms with Crippen LogP contribution in [0.15, 0.2) is 48.7 Å². The van der Waals surface area contributed by atoms with Gasteiger partial charge in [-0.15, -0.1) is 0 Å². The Bertz CT molecular complexity index is 959. The van der Waals surface area contributed by atoms with E-state index in [0.717, 1.165) is 10.9 Å². The zero-order valence-corrected chi connectivity index (χ0v) is 13.9. The van der Waals surface area contributed by atoms with E-state index in [1.54, 1.807) is 42.6 Å². The third-order valence-electron chi connectivity index (χ3n) is 3.57. The van der Waals surface area contributed by atoms with Crippen molar-refractivity contribution in [1.82, 2.24) is 4.98 Å². The predicted octanol–water partition coefficient (Wildman–Crippen LogP) is 4.86. The molecular weight excluding hydrogens is 345 g/mol. The number of hydrogen-bond donors (Lipinski definition) is 1. The van der Waals surface area contributed by atoms with Crippen LogP contribution in [0.1, 0.15) is 15.9 Å². The highest BCUT2D eigenvalue weighted by Gasteiger charge is 2.16. The van der Waals surface area contributed by atoms with Crippen LogP contribution in [0.25, 0.3) is 10.9 Å². The van der Waals surface area contributed by atoms with E-state index in [1.807, 2.05) is 6.07 Å². The molecular formula is C18H11Cl2N3O. The number of fused-ring (bicyclic) bond motifs is 1. The molecule has 1 N–H and O–H groups in total. The van der Waals surface area contributed by atoms with E-state index < -0.39 is 5.91 Å². The van der Waals surface area contributed by atoms with Crippen LogP contribution in [0.4, 0.5) is 5.69 Å². The number of pyridine rings is 1. The molecule has 3 rings (SSSR count). The number of anilines is 1. The number of nitriles is 1. The molecule has 0 radical (unpaired) electrons. The zero-order valence-electron chi connectivity index (χ0n) is 12.4. The molecule has 0 atom stereocenters. The van der Waals surface area contributed by atoms with Gasteiger partial charge >= 0.3 is 0 Å². The summed E-state index contributed by atoms with van der Waals surface area (Å²) >= 11 is 12.2. The van der Waals surface area contributed by atoms with E-state index in [-0.39, 0.29) is 22.0 Å². The van der Waals surface area contributed by atoms with Crippen molar-refractivity contribution in [2.45, 2.75) is 6.42 Å². The normalized spacial score (nSPS) is 10.4. The van der Waals surface area contributed by atoms with Crippen LogP contribution in [0.2, 0.25) is 10.0 Å². The SMILES string of the molecule is N#CCc1ccnc2c(NC(=O)c3c(Cl)cccc3Cl)cccc12. The molecule has 118 valence electrons. The smallest absolute Gasteiger partial charge is 0.258 e. The highest BCUT2D eigenvalue weighted by atomic mass is 35.5. The molecule has 0 aliphatic rings. The first kappa shape index (κ1) is 16.3. The van der Waals surface area contributed by atoms with Crippen molar-refractivity contribution in [2.75, 3.05) is 5.32 Å². The van der Waals surface area contributed by atoms with Gasteiger partial charge in [0, 0.05) is 11.6 Å². The number of rotatable bonds is 3. The lowest BCUT2D eigenvalue weighted by Gasteiger charge is -2.11. The van der Waals surface area contributed by atoms with Gasteiger partial charge in [0.1, 0.15) is 0 Å². The molecule has 1 aromatic heterocycles. The fraction of sp³-hybridized carbons (Fsp3) is 0.0556. The van der Waals surface area contributed by atoms with Crippen LogP contribution in [0, 0.1) is 11.3 Å². The zero-order chi connectivity index (χ0) is 17.1. The maximum atomic E-state index is 12.5. The maximum Gasteiger partial charge on any atom is 0.258 e. The Morgan fingerprint density at radius 3 is 2.54 bits per heavy atom. The standard InChI is InChI=1S/C18H11Cl2N3O/c19-13-4-2-5-14(20)16(13)18(24)23-15-6-1-3-12-11(7-9-21)8-10-22-17(12)15/h1-6,8,10H,7H2,(H,23,24). The Morgan fingerprint density at radius 1 is 1.12 bits per heavy atom. The Balaban J connectivity index is 2.04. The third-order valence-corrected chi connectivity index (χ3v) is 4.20. The molecule has 6 heteroatoms. The van der Waals surface area contributed by atoms with Gasteiger partial charge in [-0.3, -0.25) is 9.78 Å². The van der Waals surface area contributed by atoms with Gasteiger partial charge in [0.25, 0.3) is 5.91 Å². The first-order valence-electron chi connectivity index (χ1n) is 7.10. The number of hydrogen-bond acceptors (Lipinski definition) is 3. The average Bonchev–Trinajstić information content (AvgIpc) is 2.56. The summed E-state index contributed by atoms with van der Waals surface area (Å²) in [6, 6.07) is 14.2. The molecule has 1 heterocycles. The highest BCUT2D eigenvalue weighted by molar-refractivity contribution is 6.40. The van der Waals surface area contributed by atoms with Gasteiger partial charge in [-0.2, -0.15) is 5.26 Å². The second-order valence-corrected chi connectivity index (χ2v) is 5.87. The van der Waals surface area contributed by atoms with Gasteiger partial charge in [-0.1, -0.05) is 41.4 Å². The quantitative estimate of drug-likeness (QED) is 0.729. The average molecular weight is 356 g/mol. The van der Waals surface area contributed by atoms with Crippen molar-refractivity contribution in [3.63, 3.8) is 0 Å². The van der Waals surface area contributed by atoms with Crippen LogP contribution in [0.3, 0.4) is 0 Å². The molecule has 0 aliphatic carbocycles. The van der Waals surface area contributed by atoms with Gasteiger partial charge in [0.05, 0.1) is 39.3 Å². The van der Waals surface area contributed by atoms with Gasteiger partial charge in [0.15, 0.2) is 0 Å². The van der Waals surface area contributed by atoms with Crippen LogP contribution in [-0.2, 0) is 6.42 Å². The minimum absolute atomic E-state index is 0.214. The number of nitrogens with one attached hydrogen (secondary N) is 1. The van der Waals surface area contributed by atoms with Crippen LogP contribution in [-0.4, -0.2) is 10.9 Å². The summed E-state index contributed by atoms with van der Waals surface area (Å²) in [5.74, 6) is -0.411. The Hall–Kier alpha value is -2.61. The second-order valence-electron chi connectivity index (χ2n) is 5.06. The van der Waals surface area contributed by atoms with E-state index in [2.05, 4.69) is 16.4 Å². The van der Waals surface area contributed by atoms with Gasteiger partial charge < -0.3 is 5.32 Å². The summed E-state index contributed by atoms with van der Waals surface area (Å²) in [5, 5.41) is 13.1. The summed E-state index contributed by atoms with van der Waals surface area (Å²) in [5.41, 5.74) is 2.22. The number of benzene rings is 2. The monoisotopic (exact) mass is 355 g/mol. The van der Waals surface area contributed by atoms with Crippen molar-refractivity contribution < 1.29 is 4.79 Å². The maximum absolute atomic E-state index is 12.5. The molecule has 24 heavy (non-hydrogen) atoms. The summed E-state index contributed by atoms with van der Waals surface area (Å²) in [7, 11) is 0. The minimum Gasteiger partial charge on any atom is -0.320 e. The number of amides is 1. The summed E-state index contributed by atoms with van der Waals surface area (Å²) in [6.07, 6.45) is 1.89. The largest absolute Gasteiger partial charge is 0.320 e. The van der Waals surface area contributed by atoms with E-state index in [1.165, 1.54) is 0 Å². The van der Waals surface area contributed by atoms with E-state index in [0.29, 0.717) is 11.2 Å². The molecule has 0 fully saturated rings. The minimum atomic E-state index is -0.411. The molecule has 0 saturated carbocycles. The van der Waals surface area contributed by atoms with Crippen LogP contribution < -0.4 is 5.32 Å². The number of halogens is 2. The highest BCUT2D eigenvalue weighted by Crippen LogP contribution is 2.28. The number of carbonyl (C=O) groups excluding carboxylic acids is 1. The first-order chi connectivity index (χ1) is 11.6. The van der Waals surface area contributed by atoms with Crippen molar-refractivity contribution in [3.05, 3.63) is 69.8 Å². The van der Waals surface area contributed by atoms with Gasteiger partial charge in [-0.25, -0.2) is 0 Å². The number of para-hydroxylation sites is 1. The van der Waals surface area contributed by atoms with Gasteiger partial charge in [0.2, 0.25) is 0 Å². The summed E-state index contributed by atoms with van der Waals surface area (Å²) in [6.45, 7) is 0. The number of aromatic nitrogens is 1. The van der Waals surface area contributed by atoms with Crippen LogP contribution in [0.5, 0.6) is 0 Å². The molecule has 0 saturated heterocycles. The topological polar surface area (TPSA) is 65.8 Å². The van der Waals surface area contributed by atoms with E-state index in [9.17, 15) is 4.79 Å². The Kier molecular flexibility index (Phi) is 4.66. The second kappa shape index (κ2) is 6.88. The molecule has 4 nitrogen and oxygen atoms in total. The molecule has 0 unspecified atom stereocenters. The van der Waals surface area contributed by atoms with Crippen molar-refractivity contribution >= 4 is 45.7 Å². The first-order valence-corrected chi connectivity index (χ1v) is 7.86. The molecule has 3 aromatic rings. The molecule has 1 amide bonds. The lowest BCUT2D eigenvalue weighted by Crippen LogP contribution is -2.13. The van der Waals surface area contributed by atoms with Crippen molar-refractivity contribution in [3.8, 4) is 6.07 Å². The fourth-order valence-corrected chi connectivity index (χ4v) is 3.04. The predicted molar refractivity (Wildman–Crippen MR) is 95.5 cm³/mol. The molecule has 0 aliphatic heterocycles. The number of carbonyl (C=O) groups is 1. The molecule has 0 spiro atoms. The van der Waals surface area contributed by atoms with E-state index >= 15 is 0 Å². The number of nitrogens with zero attached hydrogens (tertiary/aromatic N) is 2. The lowest BCUT2D eigenvalue weighted by atomic mass is 10.1. The molecule has 2 aromatic carbocycles.